The van der Waals surface area contributed by atoms with E-state index in [9.17, 15) is 0 Å². The monoisotopic (exact) mass is 696 g/mol. The molecular formula is C52H33BN2. The van der Waals surface area contributed by atoms with Crippen LogP contribution in [0.15, 0.2) is 200 Å². The highest BCUT2D eigenvalue weighted by atomic mass is 15.3. The fourth-order valence-corrected chi connectivity index (χ4v) is 9.48. The van der Waals surface area contributed by atoms with Crippen molar-refractivity contribution < 1.29 is 0 Å². The normalized spacial score (nSPS) is 13.0. The van der Waals surface area contributed by atoms with Gasteiger partial charge in [0.25, 0.3) is 0 Å². The summed E-state index contributed by atoms with van der Waals surface area (Å²) in [4.78, 5) is 5.22. The molecule has 0 N–H and O–H groups in total. The molecule has 0 saturated carbocycles. The molecule has 0 amide bonds. The first-order valence-electron chi connectivity index (χ1n) is 19.1. The number of nitrogens with zero attached hydrogens (tertiary/aromatic N) is 2. The van der Waals surface area contributed by atoms with Crippen LogP contribution in [0.5, 0.6) is 0 Å². The van der Waals surface area contributed by atoms with Gasteiger partial charge in [-0.1, -0.05) is 152 Å². The Labute approximate surface area is 321 Å². The van der Waals surface area contributed by atoms with Crippen molar-refractivity contribution in [3.8, 4) is 66.8 Å². The maximum Gasteiger partial charge on any atom is 0.421 e. The molecule has 0 saturated heterocycles. The van der Waals surface area contributed by atoms with Crippen LogP contribution in [0.4, 0.5) is 22.7 Å². The van der Waals surface area contributed by atoms with Gasteiger partial charge in [-0.25, -0.2) is 0 Å². The summed E-state index contributed by atoms with van der Waals surface area (Å²) in [6.45, 7) is -0.0220. The summed E-state index contributed by atoms with van der Waals surface area (Å²) in [6, 6.07) is 74.0. The lowest BCUT2D eigenvalue weighted by Gasteiger charge is -2.51. The minimum absolute atomic E-state index is 0.0220. The number of fused-ring (bicyclic) bond motifs is 8. The van der Waals surface area contributed by atoms with E-state index in [0.717, 1.165) is 0 Å². The highest BCUT2D eigenvalue weighted by molar-refractivity contribution is 6.87. The van der Waals surface area contributed by atoms with Crippen LogP contribution in [-0.2, 0) is 0 Å². The van der Waals surface area contributed by atoms with Gasteiger partial charge in [0, 0.05) is 39.3 Å². The molecule has 0 atom stereocenters. The van der Waals surface area contributed by atoms with Gasteiger partial charge >= 0.3 is 6.98 Å². The Morgan fingerprint density at radius 1 is 0.273 bits per heavy atom. The van der Waals surface area contributed by atoms with E-state index in [1.165, 1.54) is 106 Å². The fourth-order valence-electron chi connectivity index (χ4n) is 9.48. The molecule has 3 heterocycles. The molecule has 3 aliphatic heterocycles. The summed E-state index contributed by atoms with van der Waals surface area (Å²) in [5.74, 6) is 0. The summed E-state index contributed by atoms with van der Waals surface area (Å²) >= 11 is 0. The van der Waals surface area contributed by atoms with Crippen LogP contribution in [0.3, 0.4) is 0 Å². The molecule has 0 radical (unpaired) electrons. The third-order valence-electron chi connectivity index (χ3n) is 11.9. The first-order chi connectivity index (χ1) is 27.3. The standard InChI is InChI=1S/C52H33BN2/c1-3-12-34(13-4-1)37-18-7-20-39(30-37)41-26-28-47-45(32-41)43-22-11-23-44-46-33-42(40-21-8-19-38(31-40)35-14-5-2-6-15-35)27-29-48(46)55-50-25-10-17-36-16-9-24-49(51(36)50)54(47)53(55)52(43)44/h1-33H. The quantitative estimate of drug-likeness (QED) is 0.169. The van der Waals surface area contributed by atoms with Gasteiger partial charge in [-0.15, -0.1) is 0 Å². The summed E-state index contributed by atoms with van der Waals surface area (Å²) in [6.07, 6.45) is 0. The van der Waals surface area contributed by atoms with Gasteiger partial charge in [0.1, 0.15) is 0 Å². The van der Waals surface area contributed by atoms with Crippen LogP contribution in [-0.4, -0.2) is 6.98 Å². The number of benzene rings is 9. The molecule has 9 aromatic rings. The van der Waals surface area contributed by atoms with Crippen molar-refractivity contribution >= 4 is 46.0 Å². The van der Waals surface area contributed by atoms with E-state index in [4.69, 9.17) is 0 Å². The first kappa shape index (κ1) is 30.4. The third kappa shape index (κ3) is 4.50. The van der Waals surface area contributed by atoms with Gasteiger partial charge in [-0.05, 0) is 115 Å². The molecule has 0 bridgehead atoms. The second-order valence-corrected chi connectivity index (χ2v) is 14.9. The van der Waals surface area contributed by atoms with Gasteiger partial charge in [0.15, 0.2) is 0 Å². The van der Waals surface area contributed by atoms with Gasteiger partial charge < -0.3 is 9.62 Å². The fraction of sp³-hybridized carbons (Fsp3) is 0. The summed E-state index contributed by atoms with van der Waals surface area (Å²) in [5, 5.41) is 2.55. The minimum atomic E-state index is -0.0220. The minimum Gasteiger partial charge on any atom is -0.360 e. The second kappa shape index (κ2) is 11.7. The van der Waals surface area contributed by atoms with Crippen molar-refractivity contribution in [1.29, 1.82) is 0 Å². The molecule has 2 nitrogen and oxygen atoms in total. The average molecular weight is 697 g/mol. The molecular weight excluding hydrogens is 663 g/mol. The zero-order valence-corrected chi connectivity index (χ0v) is 30.0. The SMILES string of the molecule is c1ccc(-c2cccc(-c3ccc4c(c3)-c3cccc5c3B3N4c4cccc6cccc(c46)N3c3ccc(-c4cccc(-c6ccccc6)c4)cc3-5)c2)cc1. The molecule has 254 valence electrons. The van der Waals surface area contributed by atoms with Crippen LogP contribution >= 0.6 is 0 Å². The maximum atomic E-state index is 2.61. The Kier molecular flexibility index (Phi) is 6.46. The van der Waals surface area contributed by atoms with E-state index >= 15 is 0 Å². The number of hydrogen-bond acceptors (Lipinski definition) is 2. The molecule has 55 heavy (non-hydrogen) atoms. The molecule has 0 spiro atoms. The lowest BCUT2D eigenvalue weighted by atomic mass is 9.52. The van der Waals surface area contributed by atoms with E-state index in [-0.39, 0.29) is 6.98 Å². The smallest absolute Gasteiger partial charge is 0.360 e. The maximum absolute atomic E-state index is 2.61. The van der Waals surface area contributed by atoms with Crippen molar-refractivity contribution in [1.82, 2.24) is 0 Å². The van der Waals surface area contributed by atoms with Gasteiger partial charge in [0.2, 0.25) is 0 Å². The number of anilines is 4. The Balaban J connectivity index is 1.09. The Morgan fingerprint density at radius 3 is 1.16 bits per heavy atom. The number of hydrogen-bond donors (Lipinski definition) is 0. The van der Waals surface area contributed by atoms with Crippen LogP contribution < -0.4 is 15.1 Å². The van der Waals surface area contributed by atoms with Crippen molar-refractivity contribution in [2.24, 2.45) is 0 Å². The zero-order valence-electron chi connectivity index (χ0n) is 30.0. The largest absolute Gasteiger partial charge is 0.421 e. The zero-order chi connectivity index (χ0) is 36.0. The van der Waals surface area contributed by atoms with Crippen LogP contribution in [0, 0.1) is 0 Å². The number of rotatable bonds is 4. The lowest BCUT2D eigenvalue weighted by molar-refractivity contribution is 1.25. The molecule has 3 heteroatoms. The van der Waals surface area contributed by atoms with Gasteiger partial charge in [-0.3, -0.25) is 0 Å². The summed E-state index contributed by atoms with van der Waals surface area (Å²) in [7, 11) is 0. The molecule has 9 aromatic carbocycles. The molecule has 0 unspecified atom stereocenters. The van der Waals surface area contributed by atoms with E-state index in [1.807, 2.05) is 0 Å². The molecule has 0 aromatic heterocycles. The Hall–Kier alpha value is -7.10. The highest BCUT2D eigenvalue weighted by Crippen LogP contribution is 2.55. The van der Waals surface area contributed by atoms with Crippen molar-refractivity contribution in [3.05, 3.63) is 200 Å². The van der Waals surface area contributed by atoms with E-state index in [1.54, 1.807) is 0 Å². The molecule has 3 aliphatic rings. The van der Waals surface area contributed by atoms with Gasteiger partial charge in [0.05, 0.1) is 0 Å². The average Bonchev–Trinajstić information content (AvgIpc) is 3.27. The van der Waals surface area contributed by atoms with E-state index < -0.39 is 0 Å². The predicted molar refractivity (Wildman–Crippen MR) is 233 cm³/mol. The van der Waals surface area contributed by atoms with Crippen LogP contribution in [0.25, 0.3) is 77.5 Å². The van der Waals surface area contributed by atoms with Crippen LogP contribution in [0.1, 0.15) is 0 Å². The van der Waals surface area contributed by atoms with Crippen molar-refractivity contribution in [2.75, 3.05) is 9.62 Å². The topological polar surface area (TPSA) is 6.48 Å². The van der Waals surface area contributed by atoms with E-state index in [0.29, 0.717) is 0 Å². The molecule has 0 fully saturated rings. The molecule has 12 rings (SSSR count). The first-order valence-corrected chi connectivity index (χ1v) is 19.1. The summed E-state index contributed by atoms with van der Waals surface area (Å²) < 4.78 is 0. The van der Waals surface area contributed by atoms with Gasteiger partial charge in [-0.2, -0.15) is 0 Å². The lowest BCUT2D eigenvalue weighted by Crippen LogP contribution is -2.63. The van der Waals surface area contributed by atoms with Crippen molar-refractivity contribution in [3.63, 3.8) is 0 Å². The predicted octanol–water partition coefficient (Wildman–Crippen LogP) is 13.2. The highest BCUT2D eigenvalue weighted by Gasteiger charge is 2.49. The third-order valence-corrected chi connectivity index (χ3v) is 11.9. The Bertz CT molecular complexity index is 2810. The molecule has 0 aliphatic carbocycles. The van der Waals surface area contributed by atoms with Crippen LogP contribution in [0.2, 0.25) is 0 Å². The van der Waals surface area contributed by atoms with Crippen molar-refractivity contribution in [2.45, 2.75) is 0 Å². The Morgan fingerprint density at radius 2 is 0.673 bits per heavy atom. The second-order valence-electron chi connectivity index (χ2n) is 14.9. The summed E-state index contributed by atoms with van der Waals surface area (Å²) in [5.41, 5.74) is 21.3. The van der Waals surface area contributed by atoms with E-state index in [2.05, 4.69) is 210 Å².